The summed E-state index contributed by atoms with van der Waals surface area (Å²) in [4.78, 5) is 31.1. The molecule has 0 radical (unpaired) electrons. The van der Waals surface area contributed by atoms with Crippen molar-refractivity contribution in [2.75, 3.05) is 12.0 Å². The zero-order valence-electron chi connectivity index (χ0n) is 18.8. The summed E-state index contributed by atoms with van der Waals surface area (Å²) in [5.41, 5.74) is 2.30. The predicted octanol–water partition coefficient (Wildman–Crippen LogP) is 5.90. The monoisotopic (exact) mass is 490 g/mol. The SMILES string of the molecule is COc1c(Cl)cc(C)cc1/C(O)=C1\C(=O)C(=O)N(c2cccc(F)c2)C1c1c[nH]c2ccccc12. The Kier molecular flexibility index (Phi) is 5.57. The molecule has 0 spiro atoms. The van der Waals surface area contributed by atoms with Crippen molar-refractivity contribution in [2.24, 2.45) is 0 Å². The third-order valence-corrected chi connectivity index (χ3v) is 6.37. The molecule has 1 aromatic heterocycles. The van der Waals surface area contributed by atoms with Crippen LogP contribution in [0.15, 0.2) is 72.4 Å². The molecular formula is C27H20ClFN2O4. The first-order chi connectivity index (χ1) is 16.8. The molecule has 3 aromatic carbocycles. The van der Waals surface area contributed by atoms with Crippen LogP contribution < -0.4 is 9.64 Å². The van der Waals surface area contributed by atoms with E-state index >= 15 is 0 Å². The highest BCUT2D eigenvalue weighted by Gasteiger charge is 2.48. The average Bonchev–Trinajstić information content (AvgIpc) is 3.37. The first kappa shape index (κ1) is 22.7. The Balaban J connectivity index is 1.83. The number of aromatic amines is 1. The molecule has 176 valence electrons. The number of halogens is 2. The minimum absolute atomic E-state index is 0.149. The Morgan fingerprint density at radius 3 is 2.63 bits per heavy atom. The topological polar surface area (TPSA) is 82.6 Å². The molecule has 4 aromatic rings. The number of aliphatic hydroxyl groups excluding tert-OH is 1. The number of hydrogen-bond donors (Lipinski definition) is 2. The number of aryl methyl sites for hydroxylation is 1. The van der Waals surface area contributed by atoms with Gasteiger partial charge < -0.3 is 14.8 Å². The molecule has 1 saturated heterocycles. The van der Waals surface area contributed by atoms with E-state index in [4.69, 9.17) is 16.3 Å². The number of rotatable bonds is 4. The van der Waals surface area contributed by atoms with Gasteiger partial charge in [0.1, 0.15) is 17.3 Å². The second-order valence-corrected chi connectivity index (χ2v) is 8.67. The molecule has 0 bridgehead atoms. The van der Waals surface area contributed by atoms with E-state index < -0.39 is 29.3 Å². The van der Waals surface area contributed by atoms with Gasteiger partial charge in [0.25, 0.3) is 11.7 Å². The van der Waals surface area contributed by atoms with E-state index in [1.165, 1.54) is 30.2 Å². The van der Waals surface area contributed by atoms with Gasteiger partial charge in [-0.25, -0.2) is 4.39 Å². The third-order valence-electron chi connectivity index (χ3n) is 6.09. The Hall–Kier alpha value is -4.10. The van der Waals surface area contributed by atoms with Crippen molar-refractivity contribution in [3.05, 3.63) is 100.0 Å². The summed E-state index contributed by atoms with van der Waals surface area (Å²) in [6, 6.07) is 15.1. The standard InChI is InChI=1S/C27H20ClFN2O4/c1-14-10-18(26(35-2)20(28)11-14)24(32)22-23(19-13-30-21-9-4-3-8-17(19)21)31(27(34)25(22)33)16-7-5-6-15(29)12-16/h3-13,23,30,32H,1-2H3/b24-22+. The lowest BCUT2D eigenvalue weighted by atomic mass is 9.94. The van der Waals surface area contributed by atoms with Crippen molar-refractivity contribution >= 4 is 45.6 Å². The fourth-order valence-electron chi connectivity index (χ4n) is 4.60. The van der Waals surface area contributed by atoms with Gasteiger partial charge in [0.05, 0.1) is 29.3 Å². The molecule has 2 heterocycles. The molecule has 1 unspecified atom stereocenters. The molecule has 35 heavy (non-hydrogen) atoms. The lowest BCUT2D eigenvalue weighted by molar-refractivity contribution is -0.132. The summed E-state index contributed by atoms with van der Waals surface area (Å²) in [5.74, 6) is -2.61. The summed E-state index contributed by atoms with van der Waals surface area (Å²) >= 11 is 6.34. The quantitative estimate of drug-likeness (QED) is 0.212. The first-order valence-corrected chi connectivity index (χ1v) is 11.2. The zero-order valence-corrected chi connectivity index (χ0v) is 19.6. The number of fused-ring (bicyclic) bond motifs is 1. The largest absolute Gasteiger partial charge is 0.507 e. The molecule has 1 fully saturated rings. The molecule has 1 aliphatic rings. The fraction of sp³-hybridized carbons (Fsp3) is 0.111. The number of methoxy groups -OCH3 is 1. The van der Waals surface area contributed by atoms with Crippen LogP contribution in [0.3, 0.4) is 0 Å². The van der Waals surface area contributed by atoms with Gasteiger partial charge >= 0.3 is 0 Å². The normalized spacial score (nSPS) is 17.4. The Morgan fingerprint density at radius 2 is 1.89 bits per heavy atom. The lowest BCUT2D eigenvalue weighted by Gasteiger charge is -2.25. The Bertz CT molecular complexity index is 1540. The third kappa shape index (κ3) is 3.65. The summed E-state index contributed by atoms with van der Waals surface area (Å²) in [6.07, 6.45) is 1.68. The summed E-state index contributed by atoms with van der Waals surface area (Å²) in [7, 11) is 1.40. The van der Waals surface area contributed by atoms with Gasteiger partial charge in [-0.05, 0) is 48.9 Å². The van der Waals surface area contributed by atoms with Crippen LogP contribution in [0, 0.1) is 12.7 Å². The number of aliphatic hydroxyl groups is 1. The van der Waals surface area contributed by atoms with E-state index in [1.54, 1.807) is 31.3 Å². The van der Waals surface area contributed by atoms with Gasteiger partial charge in [-0.1, -0.05) is 35.9 Å². The number of Topliss-reactive ketones (excluding diaryl/α,β-unsaturated/α-hetero) is 1. The number of para-hydroxylation sites is 1. The van der Waals surface area contributed by atoms with Crippen LogP contribution in [0.1, 0.15) is 22.7 Å². The van der Waals surface area contributed by atoms with Gasteiger partial charge in [0.15, 0.2) is 0 Å². The second-order valence-electron chi connectivity index (χ2n) is 8.27. The van der Waals surface area contributed by atoms with Gasteiger partial charge in [-0.2, -0.15) is 0 Å². The van der Waals surface area contributed by atoms with Crippen molar-refractivity contribution in [2.45, 2.75) is 13.0 Å². The Labute approximate surface area is 205 Å². The fourth-order valence-corrected chi connectivity index (χ4v) is 4.95. The maximum Gasteiger partial charge on any atom is 0.300 e. The predicted molar refractivity (Wildman–Crippen MR) is 132 cm³/mol. The molecule has 6 nitrogen and oxygen atoms in total. The highest BCUT2D eigenvalue weighted by molar-refractivity contribution is 6.52. The van der Waals surface area contributed by atoms with Crippen LogP contribution in [0.2, 0.25) is 5.02 Å². The van der Waals surface area contributed by atoms with Crippen LogP contribution >= 0.6 is 11.6 Å². The summed E-state index contributed by atoms with van der Waals surface area (Å²) in [6.45, 7) is 1.78. The van der Waals surface area contributed by atoms with E-state index in [-0.39, 0.29) is 27.6 Å². The average molecular weight is 491 g/mol. The number of carbonyl (C=O) groups excluding carboxylic acids is 2. The summed E-state index contributed by atoms with van der Waals surface area (Å²) in [5, 5.41) is 12.5. The smallest absolute Gasteiger partial charge is 0.300 e. The number of hydrogen-bond acceptors (Lipinski definition) is 4. The van der Waals surface area contributed by atoms with E-state index in [1.807, 2.05) is 24.3 Å². The van der Waals surface area contributed by atoms with Crippen molar-refractivity contribution < 1.29 is 23.8 Å². The number of amides is 1. The van der Waals surface area contributed by atoms with Crippen LogP contribution in [-0.2, 0) is 9.59 Å². The maximum absolute atomic E-state index is 14.2. The molecule has 1 aliphatic heterocycles. The van der Waals surface area contributed by atoms with Crippen molar-refractivity contribution in [3.63, 3.8) is 0 Å². The molecule has 1 atom stereocenters. The minimum atomic E-state index is -1.03. The maximum atomic E-state index is 14.2. The molecule has 0 aliphatic carbocycles. The molecule has 2 N–H and O–H groups in total. The van der Waals surface area contributed by atoms with Crippen LogP contribution in [0.5, 0.6) is 5.75 Å². The zero-order chi connectivity index (χ0) is 24.9. The minimum Gasteiger partial charge on any atom is -0.507 e. The number of carbonyl (C=O) groups is 2. The number of aromatic nitrogens is 1. The highest BCUT2D eigenvalue weighted by Crippen LogP contribution is 2.46. The van der Waals surface area contributed by atoms with Crippen LogP contribution in [0.25, 0.3) is 16.7 Å². The van der Waals surface area contributed by atoms with Crippen molar-refractivity contribution in [1.29, 1.82) is 0 Å². The number of ether oxygens (including phenoxy) is 1. The van der Waals surface area contributed by atoms with Crippen LogP contribution in [-0.4, -0.2) is 28.9 Å². The lowest BCUT2D eigenvalue weighted by Crippen LogP contribution is -2.29. The highest BCUT2D eigenvalue weighted by atomic mass is 35.5. The number of nitrogens with zero attached hydrogens (tertiary/aromatic N) is 1. The number of anilines is 1. The van der Waals surface area contributed by atoms with Crippen molar-refractivity contribution in [3.8, 4) is 5.75 Å². The van der Waals surface area contributed by atoms with Gasteiger partial charge in [0.2, 0.25) is 0 Å². The second kappa shape index (κ2) is 8.60. The number of ketones is 1. The van der Waals surface area contributed by atoms with Crippen LogP contribution in [0.4, 0.5) is 10.1 Å². The summed E-state index contributed by atoms with van der Waals surface area (Å²) < 4.78 is 19.6. The number of nitrogens with one attached hydrogen (secondary N) is 1. The molecule has 0 saturated carbocycles. The molecule has 5 rings (SSSR count). The van der Waals surface area contributed by atoms with E-state index in [0.29, 0.717) is 5.56 Å². The molecule has 8 heteroatoms. The molecule has 1 amide bonds. The van der Waals surface area contributed by atoms with Crippen molar-refractivity contribution in [1.82, 2.24) is 4.98 Å². The first-order valence-electron chi connectivity index (χ1n) is 10.8. The number of H-pyrrole nitrogens is 1. The van der Waals surface area contributed by atoms with E-state index in [0.717, 1.165) is 16.5 Å². The number of benzene rings is 3. The van der Waals surface area contributed by atoms with Gasteiger partial charge in [-0.15, -0.1) is 0 Å². The molecular weight excluding hydrogens is 471 g/mol. The Morgan fingerprint density at radius 1 is 1.11 bits per heavy atom. The van der Waals surface area contributed by atoms with E-state index in [9.17, 15) is 19.1 Å². The van der Waals surface area contributed by atoms with E-state index in [2.05, 4.69) is 4.98 Å². The van der Waals surface area contributed by atoms with Gasteiger partial charge in [-0.3, -0.25) is 14.5 Å². The van der Waals surface area contributed by atoms with Gasteiger partial charge in [0, 0.05) is 28.4 Å².